The lowest BCUT2D eigenvalue weighted by Gasteiger charge is -2.29. The van der Waals surface area contributed by atoms with E-state index < -0.39 is 0 Å². The molecule has 1 saturated heterocycles. The molecule has 4 rings (SSSR count). The van der Waals surface area contributed by atoms with Crippen LogP contribution in [0.25, 0.3) is 0 Å². The van der Waals surface area contributed by atoms with Crippen LogP contribution in [-0.4, -0.2) is 35.6 Å². The number of thiocarbonyl (C=S) groups is 1. The zero-order chi connectivity index (χ0) is 18.8. The van der Waals surface area contributed by atoms with Crippen molar-refractivity contribution in [2.45, 2.75) is 25.8 Å². The van der Waals surface area contributed by atoms with Crippen LogP contribution in [0.3, 0.4) is 0 Å². The van der Waals surface area contributed by atoms with Crippen LogP contribution in [0.5, 0.6) is 11.5 Å². The lowest BCUT2D eigenvalue weighted by atomic mass is 10.0. The molecule has 0 aliphatic carbocycles. The van der Waals surface area contributed by atoms with Gasteiger partial charge in [0.1, 0.15) is 13.2 Å². The highest BCUT2D eigenvalue weighted by molar-refractivity contribution is 7.80. The van der Waals surface area contributed by atoms with Gasteiger partial charge in [-0.3, -0.25) is 4.79 Å². The number of nitrogens with zero attached hydrogens (tertiary/aromatic N) is 1. The van der Waals surface area contributed by atoms with Crippen LogP contribution < -0.4 is 14.8 Å². The SMILES string of the molecule is CC(=O)c1ccc(NC(=S)N2CCCC2c2ccc3c(c2)OCCO3)cc1. The maximum Gasteiger partial charge on any atom is 0.173 e. The summed E-state index contributed by atoms with van der Waals surface area (Å²) in [6, 6.07) is 13.8. The molecule has 2 heterocycles. The molecular formula is C21H22N2O3S. The summed E-state index contributed by atoms with van der Waals surface area (Å²) in [5.74, 6) is 1.67. The van der Waals surface area contributed by atoms with E-state index in [0.717, 1.165) is 36.6 Å². The molecule has 2 aromatic carbocycles. The molecule has 0 spiro atoms. The van der Waals surface area contributed by atoms with E-state index in [9.17, 15) is 4.79 Å². The fraction of sp³-hybridized carbons (Fsp3) is 0.333. The molecule has 2 aromatic rings. The van der Waals surface area contributed by atoms with E-state index in [1.165, 1.54) is 5.56 Å². The summed E-state index contributed by atoms with van der Waals surface area (Å²) in [4.78, 5) is 13.6. The number of Topliss-reactive ketones (excluding diaryl/α,β-unsaturated/α-hetero) is 1. The zero-order valence-electron chi connectivity index (χ0n) is 15.2. The van der Waals surface area contributed by atoms with Crippen LogP contribution in [0.15, 0.2) is 42.5 Å². The molecule has 1 atom stereocenters. The lowest BCUT2D eigenvalue weighted by Crippen LogP contribution is -2.34. The van der Waals surface area contributed by atoms with Crippen LogP contribution in [0.1, 0.15) is 41.7 Å². The van der Waals surface area contributed by atoms with E-state index in [4.69, 9.17) is 21.7 Å². The van der Waals surface area contributed by atoms with Gasteiger partial charge in [0, 0.05) is 17.8 Å². The number of ketones is 1. The van der Waals surface area contributed by atoms with E-state index in [-0.39, 0.29) is 11.8 Å². The molecule has 0 amide bonds. The molecule has 140 valence electrons. The number of nitrogens with one attached hydrogen (secondary N) is 1. The summed E-state index contributed by atoms with van der Waals surface area (Å²) < 4.78 is 11.3. The van der Waals surface area contributed by atoms with Crippen LogP contribution in [0.4, 0.5) is 5.69 Å². The van der Waals surface area contributed by atoms with Crippen molar-refractivity contribution >= 4 is 28.8 Å². The molecule has 1 N–H and O–H groups in total. The van der Waals surface area contributed by atoms with Crippen molar-refractivity contribution in [3.63, 3.8) is 0 Å². The van der Waals surface area contributed by atoms with Crippen molar-refractivity contribution in [1.29, 1.82) is 0 Å². The number of hydrogen-bond donors (Lipinski definition) is 1. The smallest absolute Gasteiger partial charge is 0.173 e. The number of hydrogen-bond acceptors (Lipinski definition) is 4. The molecule has 1 fully saturated rings. The third-order valence-electron chi connectivity index (χ3n) is 5.01. The number of ether oxygens (including phenoxy) is 2. The number of carbonyl (C=O) groups excluding carboxylic acids is 1. The van der Waals surface area contributed by atoms with E-state index in [0.29, 0.717) is 23.9 Å². The molecule has 0 saturated carbocycles. The second kappa shape index (κ2) is 7.56. The van der Waals surface area contributed by atoms with Crippen LogP contribution in [0, 0.1) is 0 Å². The Morgan fingerprint density at radius 3 is 2.59 bits per heavy atom. The van der Waals surface area contributed by atoms with Gasteiger partial charge in [-0.1, -0.05) is 6.07 Å². The van der Waals surface area contributed by atoms with Gasteiger partial charge in [-0.25, -0.2) is 0 Å². The summed E-state index contributed by atoms with van der Waals surface area (Å²) in [5, 5.41) is 4.00. The average Bonchev–Trinajstić information content (AvgIpc) is 3.18. The summed E-state index contributed by atoms with van der Waals surface area (Å²) >= 11 is 5.67. The second-order valence-electron chi connectivity index (χ2n) is 6.82. The van der Waals surface area contributed by atoms with Gasteiger partial charge in [0.15, 0.2) is 22.4 Å². The maximum absolute atomic E-state index is 11.4. The van der Waals surface area contributed by atoms with E-state index in [1.807, 2.05) is 30.3 Å². The molecule has 2 aliphatic heterocycles. The van der Waals surface area contributed by atoms with Gasteiger partial charge in [0.25, 0.3) is 0 Å². The minimum absolute atomic E-state index is 0.0577. The maximum atomic E-state index is 11.4. The molecule has 2 aliphatic rings. The minimum Gasteiger partial charge on any atom is -0.486 e. The van der Waals surface area contributed by atoms with Crippen molar-refractivity contribution in [2.75, 3.05) is 25.1 Å². The van der Waals surface area contributed by atoms with Gasteiger partial charge in [-0.2, -0.15) is 0 Å². The van der Waals surface area contributed by atoms with Gasteiger partial charge in [-0.15, -0.1) is 0 Å². The fourth-order valence-corrected chi connectivity index (χ4v) is 3.94. The standard InChI is InChI=1S/C21H22N2O3S/c1-14(24)15-4-7-17(8-5-15)22-21(27)23-10-2-3-18(23)16-6-9-19-20(13-16)26-12-11-25-19/h4-9,13,18H,2-3,10-12H2,1H3,(H,22,27). The third kappa shape index (κ3) is 3.76. The van der Waals surface area contributed by atoms with Gasteiger partial charge >= 0.3 is 0 Å². The molecule has 0 bridgehead atoms. The molecule has 27 heavy (non-hydrogen) atoms. The Kier molecular flexibility index (Phi) is 4.99. The molecule has 5 nitrogen and oxygen atoms in total. The van der Waals surface area contributed by atoms with Crippen molar-refractivity contribution in [3.05, 3.63) is 53.6 Å². The second-order valence-corrected chi connectivity index (χ2v) is 7.20. The number of fused-ring (bicyclic) bond motifs is 1. The van der Waals surface area contributed by atoms with Crippen LogP contribution in [-0.2, 0) is 0 Å². The van der Waals surface area contributed by atoms with E-state index >= 15 is 0 Å². The first-order valence-corrected chi connectivity index (χ1v) is 9.61. The molecular weight excluding hydrogens is 360 g/mol. The highest BCUT2D eigenvalue weighted by atomic mass is 32.1. The lowest BCUT2D eigenvalue weighted by molar-refractivity contribution is 0.101. The monoisotopic (exact) mass is 382 g/mol. The zero-order valence-corrected chi connectivity index (χ0v) is 16.1. The number of benzene rings is 2. The Bertz CT molecular complexity index is 866. The first-order valence-electron chi connectivity index (χ1n) is 9.20. The molecule has 1 unspecified atom stereocenters. The minimum atomic E-state index is 0.0577. The quantitative estimate of drug-likeness (QED) is 0.634. The Hall–Kier alpha value is -2.60. The number of likely N-dealkylation sites (tertiary alicyclic amines) is 1. The van der Waals surface area contributed by atoms with E-state index in [2.05, 4.69) is 22.3 Å². The van der Waals surface area contributed by atoms with Crippen molar-refractivity contribution in [1.82, 2.24) is 4.90 Å². The predicted octanol–water partition coefficient (Wildman–Crippen LogP) is 4.19. The van der Waals surface area contributed by atoms with Gasteiger partial charge in [0.05, 0.1) is 6.04 Å². The highest BCUT2D eigenvalue weighted by Gasteiger charge is 2.29. The summed E-state index contributed by atoms with van der Waals surface area (Å²) in [7, 11) is 0. The number of anilines is 1. The van der Waals surface area contributed by atoms with Crippen molar-refractivity contribution in [2.24, 2.45) is 0 Å². The third-order valence-corrected chi connectivity index (χ3v) is 5.34. The topological polar surface area (TPSA) is 50.8 Å². The largest absolute Gasteiger partial charge is 0.486 e. The Balaban J connectivity index is 1.49. The molecule has 0 aromatic heterocycles. The summed E-state index contributed by atoms with van der Waals surface area (Å²) in [6.45, 7) is 3.66. The Morgan fingerprint density at radius 1 is 1.11 bits per heavy atom. The van der Waals surface area contributed by atoms with E-state index in [1.54, 1.807) is 6.92 Å². The first-order chi connectivity index (χ1) is 13.1. The van der Waals surface area contributed by atoms with Crippen molar-refractivity contribution in [3.8, 4) is 11.5 Å². The van der Waals surface area contributed by atoms with Gasteiger partial charge in [-0.05, 0) is 73.9 Å². The first kappa shape index (κ1) is 17.8. The number of carbonyl (C=O) groups is 1. The van der Waals surface area contributed by atoms with Crippen molar-refractivity contribution < 1.29 is 14.3 Å². The Morgan fingerprint density at radius 2 is 1.85 bits per heavy atom. The normalized spacial score (nSPS) is 18.3. The van der Waals surface area contributed by atoms with Gasteiger partial charge < -0.3 is 19.7 Å². The molecule has 6 heteroatoms. The summed E-state index contributed by atoms with van der Waals surface area (Å²) in [6.07, 6.45) is 2.13. The number of rotatable bonds is 3. The molecule has 0 radical (unpaired) electrons. The van der Waals surface area contributed by atoms with Gasteiger partial charge in [0.2, 0.25) is 0 Å². The fourth-order valence-electron chi connectivity index (χ4n) is 3.61. The van der Waals surface area contributed by atoms with Crippen LogP contribution in [0.2, 0.25) is 0 Å². The Labute approximate surface area is 164 Å². The predicted molar refractivity (Wildman–Crippen MR) is 109 cm³/mol. The summed E-state index contributed by atoms with van der Waals surface area (Å²) in [5.41, 5.74) is 2.77. The average molecular weight is 382 g/mol. The highest BCUT2D eigenvalue weighted by Crippen LogP contribution is 2.38. The van der Waals surface area contributed by atoms with Crippen LogP contribution >= 0.6 is 12.2 Å².